The number of aliphatic imine (C=N–C) groups is 1. The molecule has 2 aliphatic rings. The van der Waals surface area contributed by atoms with Crippen LogP contribution in [0.4, 0.5) is 0 Å². The molecule has 1 unspecified atom stereocenters. The summed E-state index contributed by atoms with van der Waals surface area (Å²) in [6, 6.07) is 0.660. The third-order valence-electron chi connectivity index (χ3n) is 5.07. The molecule has 0 aliphatic carbocycles. The van der Waals surface area contributed by atoms with Crippen LogP contribution in [-0.2, 0) is 4.74 Å². The van der Waals surface area contributed by atoms with Gasteiger partial charge in [0.15, 0.2) is 5.96 Å². The number of halogens is 1. The van der Waals surface area contributed by atoms with E-state index < -0.39 is 0 Å². The third kappa shape index (κ3) is 6.65. The van der Waals surface area contributed by atoms with Crippen molar-refractivity contribution in [1.29, 1.82) is 0 Å². The zero-order valence-electron chi connectivity index (χ0n) is 15.7. The lowest BCUT2D eigenvalue weighted by atomic mass is 10.2. The number of hydrogen-bond acceptors (Lipinski definition) is 4. The van der Waals surface area contributed by atoms with Gasteiger partial charge in [-0.05, 0) is 32.5 Å². The van der Waals surface area contributed by atoms with Crippen molar-refractivity contribution >= 4 is 29.9 Å². The standard InChI is InChI=1S/C17H35N5O.HI/c1-4-20(5-2)9-6-8-19-17(18-3)22-10-7-16(15-22)21-11-13-23-14-12-21;/h16H,4-15H2,1-3H3,(H,18,19);1H. The van der Waals surface area contributed by atoms with Crippen molar-refractivity contribution in [1.82, 2.24) is 20.0 Å². The lowest BCUT2D eigenvalue weighted by Gasteiger charge is -2.32. The molecule has 0 spiro atoms. The first-order valence-corrected chi connectivity index (χ1v) is 9.28. The smallest absolute Gasteiger partial charge is 0.193 e. The molecule has 7 heteroatoms. The van der Waals surface area contributed by atoms with Crippen molar-refractivity contribution in [2.24, 2.45) is 4.99 Å². The second-order valence-corrected chi connectivity index (χ2v) is 6.39. The highest BCUT2D eigenvalue weighted by molar-refractivity contribution is 14.0. The van der Waals surface area contributed by atoms with Crippen LogP contribution in [0.15, 0.2) is 4.99 Å². The summed E-state index contributed by atoms with van der Waals surface area (Å²) >= 11 is 0. The monoisotopic (exact) mass is 453 g/mol. The van der Waals surface area contributed by atoms with Crippen molar-refractivity contribution in [2.45, 2.75) is 32.7 Å². The van der Waals surface area contributed by atoms with Crippen LogP contribution in [-0.4, -0.2) is 99.3 Å². The summed E-state index contributed by atoms with van der Waals surface area (Å²) in [5.41, 5.74) is 0. The van der Waals surface area contributed by atoms with Gasteiger partial charge in [0.1, 0.15) is 0 Å². The van der Waals surface area contributed by atoms with E-state index in [4.69, 9.17) is 4.74 Å². The van der Waals surface area contributed by atoms with E-state index in [0.29, 0.717) is 6.04 Å². The maximum Gasteiger partial charge on any atom is 0.193 e. The van der Waals surface area contributed by atoms with Crippen molar-refractivity contribution in [3.8, 4) is 0 Å². The van der Waals surface area contributed by atoms with Crippen LogP contribution < -0.4 is 5.32 Å². The number of morpholine rings is 1. The average molecular weight is 453 g/mol. The lowest BCUT2D eigenvalue weighted by molar-refractivity contribution is 0.0195. The fourth-order valence-electron chi connectivity index (χ4n) is 3.55. The second-order valence-electron chi connectivity index (χ2n) is 6.39. The molecule has 2 heterocycles. The Labute approximate surface area is 165 Å². The molecule has 0 aromatic carbocycles. The van der Waals surface area contributed by atoms with Crippen LogP contribution in [0.5, 0.6) is 0 Å². The maximum atomic E-state index is 5.46. The quantitative estimate of drug-likeness (QED) is 0.273. The van der Waals surface area contributed by atoms with Crippen LogP contribution >= 0.6 is 24.0 Å². The van der Waals surface area contributed by atoms with Crippen LogP contribution in [0.3, 0.4) is 0 Å². The van der Waals surface area contributed by atoms with Gasteiger partial charge >= 0.3 is 0 Å². The van der Waals surface area contributed by atoms with Gasteiger partial charge in [0, 0.05) is 45.8 Å². The number of likely N-dealkylation sites (tertiary alicyclic amines) is 1. The molecule has 2 rings (SSSR count). The molecule has 1 atom stereocenters. The summed E-state index contributed by atoms with van der Waals surface area (Å²) < 4.78 is 5.46. The summed E-state index contributed by atoms with van der Waals surface area (Å²) in [5, 5.41) is 3.54. The van der Waals surface area contributed by atoms with Crippen molar-refractivity contribution < 1.29 is 4.74 Å². The molecule has 24 heavy (non-hydrogen) atoms. The van der Waals surface area contributed by atoms with Gasteiger partial charge in [-0.25, -0.2) is 0 Å². The van der Waals surface area contributed by atoms with Gasteiger partial charge in [-0.1, -0.05) is 13.8 Å². The zero-order valence-corrected chi connectivity index (χ0v) is 18.0. The molecule has 0 saturated carbocycles. The zero-order chi connectivity index (χ0) is 16.5. The number of guanidine groups is 1. The SMILES string of the molecule is CCN(CC)CCCNC(=NC)N1CCC(N2CCOCC2)C1.I. The van der Waals surface area contributed by atoms with Crippen LogP contribution in [0, 0.1) is 0 Å². The third-order valence-corrected chi connectivity index (χ3v) is 5.07. The molecule has 2 saturated heterocycles. The number of hydrogen-bond donors (Lipinski definition) is 1. The first kappa shape index (κ1) is 21.9. The topological polar surface area (TPSA) is 43.3 Å². The van der Waals surface area contributed by atoms with E-state index >= 15 is 0 Å². The Balaban J connectivity index is 0.00000288. The molecular formula is C17H36IN5O. The van der Waals surface area contributed by atoms with E-state index in [9.17, 15) is 0 Å². The van der Waals surface area contributed by atoms with E-state index in [1.165, 1.54) is 12.8 Å². The Kier molecular flexibility index (Phi) is 11.2. The van der Waals surface area contributed by atoms with Crippen LogP contribution in [0.2, 0.25) is 0 Å². The summed E-state index contributed by atoms with van der Waals surface area (Å²) in [4.78, 5) is 11.9. The number of rotatable bonds is 7. The van der Waals surface area contributed by atoms with Gasteiger partial charge in [-0.3, -0.25) is 9.89 Å². The predicted octanol–water partition coefficient (Wildman–Crippen LogP) is 1.32. The number of nitrogens with one attached hydrogen (secondary N) is 1. The Hall–Kier alpha value is -0.120. The molecule has 0 aromatic heterocycles. The molecule has 142 valence electrons. The molecule has 0 radical (unpaired) electrons. The first-order chi connectivity index (χ1) is 11.3. The molecule has 6 nitrogen and oxygen atoms in total. The van der Waals surface area contributed by atoms with Gasteiger partial charge in [0.05, 0.1) is 13.2 Å². The van der Waals surface area contributed by atoms with Crippen molar-refractivity contribution in [3.05, 3.63) is 0 Å². The van der Waals surface area contributed by atoms with Crippen LogP contribution in [0.1, 0.15) is 26.7 Å². The summed E-state index contributed by atoms with van der Waals surface area (Å²) in [6.07, 6.45) is 2.40. The summed E-state index contributed by atoms with van der Waals surface area (Å²) in [6.45, 7) is 15.0. The van der Waals surface area contributed by atoms with E-state index in [1.54, 1.807) is 0 Å². The number of ether oxygens (including phenoxy) is 1. The van der Waals surface area contributed by atoms with Gasteiger partial charge in [-0.15, -0.1) is 24.0 Å². The highest BCUT2D eigenvalue weighted by Crippen LogP contribution is 2.16. The van der Waals surface area contributed by atoms with Gasteiger partial charge in [0.25, 0.3) is 0 Å². The second kappa shape index (κ2) is 12.3. The first-order valence-electron chi connectivity index (χ1n) is 9.28. The Bertz CT molecular complexity index is 359. The van der Waals surface area contributed by atoms with Crippen LogP contribution in [0.25, 0.3) is 0 Å². The van der Waals surface area contributed by atoms with Crippen molar-refractivity contribution in [2.75, 3.05) is 72.6 Å². The van der Waals surface area contributed by atoms with Gasteiger partial charge in [-0.2, -0.15) is 0 Å². The van der Waals surface area contributed by atoms with Gasteiger partial charge in [0.2, 0.25) is 0 Å². The average Bonchev–Trinajstić information content (AvgIpc) is 3.09. The summed E-state index contributed by atoms with van der Waals surface area (Å²) in [5.74, 6) is 1.07. The molecule has 1 N–H and O–H groups in total. The fraction of sp³-hybridized carbons (Fsp3) is 0.941. The Morgan fingerprint density at radius 3 is 2.54 bits per heavy atom. The Morgan fingerprint density at radius 1 is 1.21 bits per heavy atom. The molecule has 0 bridgehead atoms. The number of nitrogens with zero attached hydrogens (tertiary/aromatic N) is 4. The van der Waals surface area contributed by atoms with Crippen molar-refractivity contribution in [3.63, 3.8) is 0 Å². The minimum Gasteiger partial charge on any atom is -0.379 e. The van der Waals surface area contributed by atoms with Gasteiger partial charge < -0.3 is 19.9 Å². The predicted molar refractivity (Wildman–Crippen MR) is 112 cm³/mol. The van der Waals surface area contributed by atoms with E-state index in [0.717, 1.165) is 71.5 Å². The fourth-order valence-corrected chi connectivity index (χ4v) is 3.55. The normalized spacial score (nSPS) is 22.8. The highest BCUT2D eigenvalue weighted by Gasteiger charge is 2.30. The van der Waals surface area contributed by atoms with E-state index in [1.807, 2.05) is 7.05 Å². The molecular weight excluding hydrogens is 417 g/mol. The lowest BCUT2D eigenvalue weighted by Crippen LogP contribution is -2.47. The Morgan fingerprint density at radius 2 is 1.92 bits per heavy atom. The molecule has 2 fully saturated rings. The largest absolute Gasteiger partial charge is 0.379 e. The maximum absolute atomic E-state index is 5.46. The van der Waals surface area contributed by atoms with E-state index in [-0.39, 0.29) is 24.0 Å². The minimum absolute atomic E-state index is 0. The molecule has 0 amide bonds. The molecule has 2 aliphatic heterocycles. The molecule has 0 aromatic rings. The van der Waals surface area contributed by atoms with E-state index in [2.05, 4.69) is 38.9 Å². The summed E-state index contributed by atoms with van der Waals surface area (Å²) in [7, 11) is 1.90. The minimum atomic E-state index is 0. The highest BCUT2D eigenvalue weighted by atomic mass is 127.